The van der Waals surface area contributed by atoms with Crippen LogP contribution in [0.5, 0.6) is 0 Å². The van der Waals surface area contributed by atoms with Gasteiger partial charge in [-0.1, -0.05) is 36.4 Å². The number of amides is 2. The second kappa shape index (κ2) is 7.22. The van der Waals surface area contributed by atoms with Crippen LogP contribution in [0.15, 0.2) is 42.5 Å². The standard InChI is InChI=1S/C13H16N2O2/c1-2-6-12(16)15-10-13(17)14-9-11-7-4-3-5-8-11/h2-8H,9-10H2,1H3,(H,14,17)(H,15,16). The molecule has 90 valence electrons. The molecule has 0 unspecified atom stereocenters. The fraction of sp³-hybridized carbons (Fsp3) is 0.231. The van der Waals surface area contributed by atoms with E-state index in [2.05, 4.69) is 10.6 Å². The van der Waals surface area contributed by atoms with Crippen molar-refractivity contribution in [3.05, 3.63) is 48.0 Å². The Hall–Kier alpha value is -2.10. The molecular weight excluding hydrogens is 216 g/mol. The second-order valence-corrected chi connectivity index (χ2v) is 3.48. The summed E-state index contributed by atoms with van der Waals surface area (Å²) in [4.78, 5) is 22.4. The van der Waals surface area contributed by atoms with Crippen molar-refractivity contribution < 1.29 is 9.59 Å². The zero-order chi connectivity index (χ0) is 12.5. The van der Waals surface area contributed by atoms with Crippen LogP contribution in [0, 0.1) is 0 Å². The zero-order valence-corrected chi connectivity index (χ0v) is 9.77. The third-order valence-electron chi connectivity index (χ3n) is 2.07. The molecular formula is C13H16N2O2. The van der Waals surface area contributed by atoms with E-state index in [0.29, 0.717) is 6.54 Å². The van der Waals surface area contributed by atoms with Gasteiger partial charge < -0.3 is 10.6 Å². The first kappa shape index (κ1) is 13.0. The Morgan fingerprint density at radius 3 is 2.53 bits per heavy atom. The molecule has 0 atom stereocenters. The van der Waals surface area contributed by atoms with Crippen LogP contribution in [0.1, 0.15) is 12.5 Å². The number of benzene rings is 1. The predicted molar refractivity (Wildman–Crippen MR) is 66.1 cm³/mol. The molecule has 1 aromatic rings. The van der Waals surface area contributed by atoms with E-state index in [1.165, 1.54) is 6.08 Å². The molecule has 2 amide bonds. The van der Waals surface area contributed by atoms with Gasteiger partial charge in [-0.15, -0.1) is 0 Å². The van der Waals surface area contributed by atoms with Crippen LogP contribution < -0.4 is 10.6 Å². The van der Waals surface area contributed by atoms with Crippen molar-refractivity contribution >= 4 is 11.8 Å². The lowest BCUT2D eigenvalue weighted by Gasteiger charge is -2.05. The van der Waals surface area contributed by atoms with Gasteiger partial charge in [0.2, 0.25) is 11.8 Å². The van der Waals surface area contributed by atoms with E-state index in [9.17, 15) is 9.59 Å². The topological polar surface area (TPSA) is 58.2 Å². The van der Waals surface area contributed by atoms with E-state index < -0.39 is 0 Å². The van der Waals surface area contributed by atoms with Crippen LogP contribution in [0.25, 0.3) is 0 Å². The molecule has 0 saturated heterocycles. The molecule has 0 aliphatic rings. The molecule has 2 N–H and O–H groups in total. The molecule has 17 heavy (non-hydrogen) atoms. The Morgan fingerprint density at radius 2 is 1.88 bits per heavy atom. The van der Waals surface area contributed by atoms with E-state index in [1.54, 1.807) is 13.0 Å². The Labute approximate surface area is 101 Å². The highest BCUT2D eigenvalue weighted by atomic mass is 16.2. The first-order valence-corrected chi connectivity index (χ1v) is 5.43. The van der Waals surface area contributed by atoms with E-state index in [1.807, 2.05) is 30.3 Å². The van der Waals surface area contributed by atoms with Gasteiger partial charge in [0.25, 0.3) is 0 Å². The molecule has 1 aromatic carbocycles. The molecule has 0 heterocycles. The van der Waals surface area contributed by atoms with Gasteiger partial charge in [0.15, 0.2) is 0 Å². The van der Waals surface area contributed by atoms with Crippen molar-refractivity contribution in [3.8, 4) is 0 Å². The zero-order valence-electron chi connectivity index (χ0n) is 9.77. The van der Waals surface area contributed by atoms with Crippen molar-refractivity contribution in [2.24, 2.45) is 0 Å². The molecule has 4 heteroatoms. The van der Waals surface area contributed by atoms with Gasteiger partial charge in [0.05, 0.1) is 6.54 Å². The molecule has 0 radical (unpaired) electrons. The van der Waals surface area contributed by atoms with Gasteiger partial charge in [-0.25, -0.2) is 0 Å². The second-order valence-electron chi connectivity index (χ2n) is 3.48. The van der Waals surface area contributed by atoms with Gasteiger partial charge in [-0.2, -0.15) is 0 Å². The molecule has 0 fully saturated rings. The monoisotopic (exact) mass is 232 g/mol. The van der Waals surface area contributed by atoms with Crippen molar-refractivity contribution in [2.75, 3.05) is 6.54 Å². The van der Waals surface area contributed by atoms with Crippen LogP contribution in [-0.4, -0.2) is 18.4 Å². The summed E-state index contributed by atoms with van der Waals surface area (Å²) in [5.41, 5.74) is 1.03. The van der Waals surface area contributed by atoms with Gasteiger partial charge in [0.1, 0.15) is 0 Å². The highest BCUT2D eigenvalue weighted by molar-refractivity contribution is 5.91. The maximum atomic E-state index is 11.4. The highest BCUT2D eigenvalue weighted by Gasteiger charge is 2.02. The van der Waals surface area contributed by atoms with Crippen molar-refractivity contribution in [1.29, 1.82) is 0 Å². The molecule has 0 aliphatic carbocycles. The van der Waals surface area contributed by atoms with E-state index >= 15 is 0 Å². The molecule has 0 bridgehead atoms. The summed E-state index contributed by atoms with van der Waals surface area (Å²) in [6.07, 6.45) is 3.00. The summed E-state index contributed by atoms with van der Waals surface area (Å²) >= 11 is 0. The lowest BCUT2D eigenvalue weighted by atomic mass is 10.2. The summed E-state index contributed by atoms with van der Waals surface area (Å²) < 4.78 is 0. The smallest absolute Gasteiger partial charge is 0.244 e. The van der Waals surface area contributed by atoms with E-state index in [0.717, 1.165) is 5.56 Å². The quantitative estimate of drug-likeness (QED) is 0.744. The number of rotatable bonds is 5. The van der Waals surface area contributed by atoms with Gasteiger partial charge in [-0.3, -0.25) is 9.59 Å². The normalized spacial score (nSPS) is 10.2. The third kappa shape index (κ3) is 5.51. The Kier molecular flexibility index (Phi) is 5.51. The van der Waals surface area contributed by atoms with Crippen molar-refractivity contribution in [1.82, 2.24) is 10.6 Å². The van der Waals surface area contributed by atoms with E-state index in [4.69, 9.17) is 0 Å². The number of nitrogens with one attached hydrogen (secondary N) is 2. The first-order valence-electron chi connectivity index (χ1n) is 5.43. The number of hydrogen-bond acceptors (Lipinski definition) is 2. The van der Waals surface area contributed by atoms with Crippen LogP contribution >= 0.6 is 0 Å². The maximum absolute atomic E-state index is 11.4. The summed E-state index contributed by atoms with van der Waals surface area (Å²) in [7, 11) is 0. The number of carbonyl (C=O) groups is 2. The van der Waals surface area contributed by atoms with Crippen LogP contribution in [0.4, 0.5) is 0 Å². The lowest BCUT2D eigenvalue weighted by molar-refractivity contribution is -0.124. The van der Waals surface area contributed by atoms with E-state index in [-0.39, 0.29) is 18.4 Å². The third-order valence-corrected chi connectivity index (χ3v) is 2.07. The number of allylic oxidation sites excluding steroid dienone is 1. The molecule has 0 spiro atoms. The fourth-order valence-electron chi connectivity index (χ4n) is 1.24. The first-order chi connectivity index (χ1) is 8.22. The minimum Gasteiger partial charge on any atom is -0.350 e. The highest BCUT2D eigenvalue weighted by Crippen LogP contribution is 1.96. The molecule has 0 aliphatic heterocycles. The van der Waals surface area contributed by atoms with Gasteiger partial charge >= 0.3 is 0 Å². The van der Waals surface area contributed by atoms with Gasteiger partial charge in [-0.05, 0) is 18.6 Å². The average Bonchev–Trinajstić information content (AvgIpc) is 2.35. The molecule has 4 nitrogen and oxygen atoms in total. The fourth-order valence-corrected chi connectivity index (χ4v) is 1.24. The Bertz CT molecular complexity index is 399. The molecule has 1 rings (SSSR count). The number of hydrogen-bond donors (Lipinski definition) is 2. The van der Waals surface area contributed by atoms with Crippen LogP contribution in [0.2, 0.25) is 0 Å². The largest absolute Gasteiger partial charge is 0.350 e. The number of carbonyl (C=O) groups excluding carboxylic acids is 2. The lowest BCUT2D eigenvalue weighted by Crippen LogP contribution is -2.35. The Morgan fingerprint density at radius 1 is 1.18 bits per heavy atom. The SMILES string of the molecule is CC=CC(=O)NCC(=O)NCc1ccccc1. The van der Waals surface area contributed by atoms with Crippen LogP contribution in [-0.2, 0) is 16.1 Å². The van der Waals surface area contributed by atoms with Crippen molar-refractivity contribution in [2.45, 2.75) is 13.5 Å². The molecule has 0 aromatic heterocycles. The van der Waals surface area contributed by atoms with Crippen molar-refractivity contribution in [3.63, 3.8) is 0 Å². The summed E-state index contributed by atoms with van der Waals surface area (Å²) in [5.74, 6) is -0.464. The minimum absolute atomic E-state index is 0.00396. The van der Waals surface area contributed by atoms with Gasteiger partial charge in [0, 0.05) is 6.54 Å². The summed E-state index contributed by atoms with van der Waals surface area (Å²) in [6.45, 7) is 2.21. The maximum Gasteiger partial charge on any atom is 0.244 e. The summed E-state index contributed by atoms with van der Waals surface area (Å²) in [5, 5.41) is 5.20. The minimum atomic E-state index is -0.262. The Balaban J connectivity index is 2.24. The molecule has 0 saturated carbocycles. The average molecular weight is 232 g/mol. The predicted octanol–water partition coefficient (Wildman–Crippen LogP) is 0.995. The summed E-state index contributed by atoms with van der Waals surface area (Å²) in [6, 6.07) is 9.60. The van der Waals surface area contributed by atoms with Crippen LogP contribution in [0.3, 0.4) is 0 Å².